The molecule has 0 saturated carbocycles. The van der Waals surface area contributed by atoms with Crippen LogP contribution in [-0.2, 0) is 15.6 Å². The molecule has 19 heavy (non-hydrogen) atoms. The Morgan fingerprint density at radius 3 is 2.42 bits per heavy atom. The van der Waals surface area contributed by atoms with Gasteiger partial charge in [-0.3, -0.25) is 9.00 Å². The minimum Gasteiger partial charge on any atom is -0.290 e. The van der Waals surface area contributed by atoms with Gasteiger partial charge in [0.15, 0.2) is 0 Å². The highest BCUT2D eigenvalue weighted by Crippen LogP contribution is 2.27. The number of benzene rings is 1. The summed E-state index contributed by atoms with van der Waals surface area (Å²) in [5.74, 6) is -1.55. The van der Waals surface area contributed by atoms with Gasteiger partial charge >= 0.3 is 5.38 Å². The first kappa shape index (κ1) is 16.0. The van der Waals surface area contributed by atoms with E-state index in [1.165, 1.54) is 6.08 Å². The van der Waals surface area contributed by atoms with Gasteiger partial charge in [0.25, 0.3) is 0 Å². The first-order valence-electron chi connectivity index (χ1n) is 5.46. The number of hydrogen-bond acceptors (Lipinski definition) is 2. The van der Waals surface area contributed by atoms with Crippen molar-refractivity contribution >= 4 is 28.2 Å². The molecule has 0 aliphatic rings. The average molecular weight is 307 g/mol. The Balaban J connectivity index is 3.06. The molecule has 2 atom stereocenters. The van der Waals surface area contributed by atoms with Gasteiger partial charge in [0.1, 0.15) is 5.25 Å². The highest BCUT2D eigenvalue weighted by molar-refractivity contribution is 7.86. The van der Waals surface area contributed by atoms with E-state index in [0.29, 0.717) is 4.90 Å². The Hall–Kier alpha value is -1.07. The summed E-state index contributed by atoms with van der Waals surface area (Å²) in [4.78, 5) is 11.8. The molecule has 2 nitrogen and oxygen atoms in total. The summed E-state index contributed by atoms with van der Waals surface area (Å²) in [7, 11) is -1.89. The van der Waals surface area contributed by atoms with Crippen LogP contribution in [-0.4, -0.2) is 20.6 Å². The molecule has 6 heteroatoms. The number of allylic oxidation sites excluding steroid dienone is 1. The Morgan fingerprint density at radius 1 is 1.47 bits per heavy atom. The molecule has 104 valence electrons. The highest BCUT2D eigenvalue weighted by atomic mass is 35.5. The minimum atomic E-state index is -4.02. The molecule has 0 spiro atoms. The molecule has 0 heterocycles. The van der Waals surface area contributed by atoms with Gasteiger partial charge in [0.05, 0.1) is 10.8 Å². The fourth-order valence-electron chi connectivity index (χ4n) is 1.46. The second-order valence-electron chi connectivity index (χ2n) is 3.99. The van der Waals surface area contributed by atoms with Crippen molar-refractivity contribution in [2.24, 2.45) is 0 Å². The van der Waals surface area contributed by atoms with Crippen molar-refractivity contribution in [3.8, 4) is 0 Å². The topological polar surface area (TPSA) is 34.1 Å². The van der Waals surface area contributed by atoms with Crippen molar-refractivity contribution < 1.29 is 17.8 Å². The number of alkyl halides is 3. The van der Waals surface area contributed by atoms with E-state index in [0.717, 1.165) is 5.56 Å². The molecular formula is C13H13ClF2O2S. The molecule has 2 unspecified atom stereocenters. The van der Waals surface area contributed by atoms with Crippen molar-refractivity contribution in [3.05, 3.63) is 42.5 Å². The Labute approximate surface area is 117 Å². The molecule has 0 aromatic heterocycles. The summed E-state index contributed by atoms with van der Waals surface area (Å²) >= 11 is 4.72. The Morgan fingerprint density at radius 2 is 2.00 bits per heavy atom. The van der Waals surface area contributed by atoms with E-state index in [-0.39, 0.29) is 6.42 Å². The van der Waals surface area contributed by atoms with E-state index in [1.54, 1.807) is 24.3 Å². The zero-order valence-corrected chi connectivity index (χ0v) is 11.8. The van der Waals surface area contributed by atoms with Crippen LogP contribution >= 0.6 is 11.6 Å². The first-order chi connectivity index (χ1) is 8.77. The molecular weight excluding hydrogens is 294 g/mol. The number of halogens is 3. The smallest absolute Gasteiger partial charge is 0.290 e. The molecule has 0 aliphatic heterocycles. The van der Waals surface area contributed by atoms with Crippen molar-refractivity contribution in [1.29, 1.82) is 0 Å². The van der Waals surface area contributed by atoms with Gasteiger partial charge in [-0.1, -0.05) is 23.8 Å². The van der Waals surface area contributed by atoms with E-state index < -0.39 is 27.2 Å². The molecule has 0 amide bonds. The van der Waals surface area contributed by atoms with E-state index in [4.69, 9.17) is 11.6 Å². The fraction of sp³-hybridized carbons (Fsp3) is 0.308. The summed E-state index contributed by atoms with van der Waals surface area (Å²) in [6.45, 7) is 5.22. The maximum Gasteiger partial charge on any atom is 0.381 e. The van der Waals surface area contributed by atoms with Gasteiger partial charge in [0, 0.05) is 4.90 Å². The van der Waals surface area contributed by atoms with Crippen LogP contribution in [0.25, 0.3) is 0 Å². The third-order valence-electron chi connectivity index (χ3n) is 2.46. The standard InChI is InChI=1S/C13H13ClF2O2S/c1-3-4-11(12(17)13(14,15)16)19(18)10-7-5-9(2)6-8-10/h3,5-8,11H,1,4H2,2H3. The molecule has 0 saturated heterocycles. The van der Waals surface area contributed by atoms with Crippen molar-refractivity contribution in [1.82, 2.24) is 0 Å². The molecule has 0 radical (unpaired) electrons. The molecule has 0 fully saturated rings. The predicted octanol–water partition coefficient (Wildman–Crippen LogP) is 3.45. The van der Waals surface area contributed by atoms with Crippen LogP contribution in [0, 0.1) is 6.92 Å². The van der Waals surface area contributed by atoms with Crippen molar-refractivity contribution in [2.45, 2.75) is 28.9 Å². The maximum atomic E-state index is 12.9. The van der Waals surface area contributed by atoms with Crippen molar-refractivity contribution in [2.75, 3.05) is 0 Å². The molecule has 0 bridgehead atoms. The van der Waals surface area contributed by atoms with Crippen LogP contribution in [0.3, 0.4) is 0 Å². The lowest BCUT2D eigenvalue weighted by Crippen LogP contribution is -2.36. The summed E-state index contributed by atoms with van der Waals surface area (Å²) < 4.78 is 37.9. The van der Waals surface area contributed by atoms with Crippen LogP contribution in [0.1, 0.15) is 12.0 Å². The number of Topliss-reactive ketones (excluding diaryl/α,β-unsaturated/α-hetero) is 1. The molecule has 1 rings (SSSR count). The lowest BCUT2D eigenvalue weighted by molar-refractivity contribution is -0.132. The fourth-order valence-corrected chi connectivity index (χ4v) is 3.04. The largest absolute Gasteiger partial charge is 0.381 e. The van der Waals surface area contributed by atoms with Gasteiger partial charge in [-0.2, -0.15) is 8.78 Å². The van der Waals surface area contributed by atoms with E-state index >= 15 is 0 Å². The second kappa shape index (κ2) is 6.39. The second-order valence-corrected chi connectivity index (χ2v) is 6.10. The highest BCUT2D eigenvalue weighted by Gasteiger charge is 2.43. The third kappa shape index (κ3) is 4.21. The predicted molar refractivity (Wildman–Crippen MR) is 72.0 cm³/mol. The Bertz CT molecular complexity index is 494. The summed E-state index contributed by atoms with van der Waals surface area (Å²) in [6, 6.07) is 6.48. The van der Waals surface area contributed by atoms with Gasteiger partial charge in [0.2, 0.25) is 5.78 Å². The number of hydrogen-bond donors (Lipinski definition) is 0. The average Bonchev–Trinajstić information content (AvgIpc) is 2.34. The third-order valence-corrected chi connectivity index (χ3v) is 4.31. The van der Waals surface area contributed by atoms with E-state index in [2.05, 4.69) is 6.58 Å². The minimum absolute atomic E-state index is 0.123. The lowest BCUT2D eigenvalue weighted by atomic mass is 10.2. The monoisotopic (exact) mass is 306 g/mol. The molecule has 0 aliphatic carbocycles. The summed E-state index contributed by atoms with van der Waals surface area (Å²) in [5, 5.41) is -5.42. The zero-order valence-electron chi connectivity index (χ0n) is 10.2. The lowest BCUT2D eigenvalue weighted by Gasteiger charge is -2.16. The van der Waals surface area contributed by atoms with Gasteiger partial charge in [-0.25, -0.2) is 0 Å². The summed E-state index contributed by atoms with van der Waals surface area (Å²) in [5.41, 5.74) is 0.940. The number of carbonyl (C=O) groups is 1. The van der Waals surface area contributed by atoms with Crippen LogP contribution < -0.4 is 0 Å². The zero-order chi connectivity index (χ0) is 14.6. The molecule has 0 N–H and O–H groups in total. The number of carbonyl (C=O) groups excluding carboxylic acids is 1. The van der Waals surface area contributed by atoms with Gasteiger partial charge in [-0.15, -0.1) is 6.58 Å². The molecule has 1 aromatic rings. The van der Waals surface area contributed by atoms with Crippen molar-refractivity contribution in [3.63, 3.8) is 0 Å². The van der Waals surface area contributed by atoms with E-state index in [9.17, 15) is 17.8 Å². The summed E-state index contributed by atoms with van der Waals surface area (Å²) in [6.07, 6.45) is 1.15. The number of rotatable bonds is 6. The van der Waals surface area contributed by atoms with E-state index in [1.807, 2.05) is 6.92 Å². The first-order valence-corrected chi connectivity index (χ1v) is 7.05. The normalized spacial score (nSPS) is 14.7. The van der Waals surface area contributed by atoms with Crippen LogP contribution in [0.5, 0.6) is 0 Å². The maximum absolute atomic E-state index is 12.9. The molecule has 1 aromatic carbocycles. The Kier molecular flexibility index (Phi) is 5.38. The van der Waals surface area contributed by atoms with Crippen LogP contribution in [0.2, 0.25) is 0 Å². The van der Waals surface area contributed by atoms with Gasteiger partial charge < -0.3 is 0 Å². The SMILES string of the molecule is C=CCC(C(=O)C(F)(F)Cl)S(=O)c1ccc(C)cc1. The number of ketones is 1. The van der Waals surface area contributed by atoms with Crippen LogP contribution in [0.4, 0.5) is 8.78 Å². The van der Waals surface area contributed by atoms with Gasteiger partial charge in [-0.05, 0) is 37.1 Å². The quantitative estimate of drug-likeness (QED) is 0.596. The van der Waals surface area contributed by atoms with Crippen LogP contribution in [0.15, 0.2) is 41.8 Å². The number of aryl methyl sites for hydroxylation is 1.